The standard InChI is InChI=1S/C19H25ClN2O4/c20-14-7-5-6-13(10-14)18(24)22-16(11-17(23)19(25)26)12-21-15-8-3-1-2-4-9-15/h5-7,10,15-16,21H,1-4,8-9,11-12H2,(H,22,24)(H,25,26). The molecule has 1 fully saturated rings. The van der Waals surface area contributed by atoms with Gasteiger partial charge >= 0.3 is 5.97 Å². The van der Waals surface area contributed by atoms with E-state index in [0.29, 0.717) is 23.2 Å². The highest BCUT2D eigenvalue weighted by atomic mass is 35.5. The lowest BCUT2D eigenvalue weighted by molar-refractivity contribution is -0.149. The Balaban J connectivity index is 1.98. The number of carboxylic acid groups (broad SMARTS) is 1. The van der Waals surface area contributed by atoms with Crippen molar-refractivity contribution < 1.29 is 19.5 Å². The Morgan fingerprint density at radius 1 is 1.15 bits per heavy atom. The van der Waals surface area contributed by atoms with E-state index < -0.39 is 17.8 Å². The molecule has 3 N–H and O–H groups in total. The molecule has 1 atom stereocenters. The summed E-state index contributed by atoms with van der Waals surface area (Å²) in [7, 11) is 0. The summed E-state index contributed by atoms with van der Waals surface area (Å²) >= 11 is 5.91. The van der Waals surface area contributed by atoms with Crippen LogP contribution in [0.2, 0.25) is 5.02 Å². The van der Waals surface area contributed by atoms with Crippen LogP contribution >= 0.6 is 11.6 Å². The van der Waals surface area contributed by atoms with E-state index in [0.717, 1.165) is 25.7 Å². The third-order valence-electron chi connectivity index (χ3n) is 4.60. The summed E-state index contributed by atoms with van der Waals surface area (Å²) in [5.74, 6) is -2.77. The van der Waals surface area contributed by atoms with E-state index in [1.807, 2.05) is 0 Å². The summed E-state index contributed by atoms with van der Waals surface area (Å²) in [6, 6.07) is 6.23. The number of aliphatic carboxylic acids is 1. The van der Waals surface area contributed by atoms with Crippen LogP contribution < -0.4 is 10.6 Å². The summed E-state index contributed by atoms with van der Waals surface area (Å²) in [6.07, 6.45) is 6.64. The summed E-state index contributed by atoms with van der Waals surface area (Å²) in [6.45, 7) is 0.357. The van der Waals surface area contributed by atoms with E-state index in [4.69, 9.17) is 16.7 Å². The molecule has 0 bridgehead atoms. The normalized spacial score (nSPS) is 16.5. The molecule has 1 amide bonds. The fourth-order valence-electron chi connectivity index (χ4n) is 3.18. The summed E-state index contributed by atoms with van der Waals surface area (Å²) in [4.78, 5) is 34.9. The van der Waals surface area contributed by atoms with E-state index in [1.54, 1.807) is 18.2 Å². The number of hydrogen-bond donors (Lipinski definition) is 3. The fraction of sp³-hybridized carbons (Fsp3) is 0.526. The van der Waals surface area contributed by atoms with Gasteiger partial charge in [-0.1, -0.05) is 43.4 Å². The van der Waals surface area contributed by atoms with Crippen molar-refractivity contribution in [2.75, 3.05) is 6.54 Å². The van der Waals surface area contributed by atoms with Gasteiger partial charge < -0.3 is 15.7 Å². The van der Waals surface area contributed by atoms with Gasteiger partial charge in [-0.15, -0.1) is 0 Å². The quantitative estimate of drug-likeness (QED) is 0.476. The molecule has 1 unspecified atom stereocenters. The van der Waals surface area contributed by atoms with Gasteiger partial charge in [-0.3, -0.25) is 9.59 Å². The molecule has 0 aromatic heterocycles. The third kappa shape index (κ3) is 6.77. The van der Waals surface area contributed by atoms with Crippen molar-refractivity contribution in [1.29, 1.82) is 0 Å². The number of ketones is 1. The van der Waals surface area contributed by atoms with E-state index in [-0.39, 0.29) is 12.3 Å². The maximum absolute atomic E-state index is 12.4. The first kappa shape index (κ1) is 20.4. The number of carbonyl (C=O) groups excluding carboxylic acids is 2. The van der Waals surface area contributed by atoms with Crippen molar-refractivity contribution in [2.45, 2.75) is 57.0 Å². The first-order chi connectivity index (χ1) is 12.5. The Labute approximate surface area is 158 Å². The van der Waals surface area contributed by atoms with Gasteiger partial charge in [0.2, 0.25) is 5.78 Å². The molecular weight excluding hydrogens is 356 g/mol. The van der Waals surface area contributed by atoms with Crippen LogP contribution in [0.4, 0.5) is 0 Å². The Morgan fingerprint density at radius 2 is 1.85 bits per heavy atom. The summed E-state index contributed by atoms with van der Waals surface area (Å²) < 4.78 is 0. The SMILES string of the molecule is O=C(O)C(=O)CC(CNC1CCCCCC1)NC(=O)c1cccc(Cl)c1. The van der Waals surface area contributed by atoms with Gasteiger partial charge in [-0.05, 0) is 31.0 Å². The number of Topliss-reactive ketones (excluding diaryl/α,β-unsaturated/α-hetero) is 1. The number of hydrogen-bond acceptors (Lipinski definition) is 4. The van der Waals surface area contributed by atoms with Crippen molar-refractivity contribution in [1.82, 2.24) is 10.6 Å². The lowest BCUT2D eigenvalue weighted by Crippen LogP contribution is -2.46. The predicted molar refractivity (Wildman–Crippen MR) is 99.5 cm³/mol. The maximum Gasteiger partial charge on any atom is 0.372 e. The number of amides is 1. The van der Waals surface area contributed by atoms with Crippen molar-refractivity contribution in [2.24, 2.45) is 0 Å². The molecule has 2 rings (SSSR count). The Hall–Kier alpha value is -1.92. The van der Waals surface area contributed by atoms with Crippen molar-refractivity contribution in [3.8, 4) is 0 Å². The van der Waals surface area contributed by atoms with Crippen LogP contribution in [-0.4, -0.2) is 41.4 Å². The monoisotopic (exact) mass is 380 g/mol. The number of carbonyl (C=O) groups is 3. The molecule has 0 aliphatic heterocycles. The third-order valence-corrected chi connectivity index (χ3v) is 4.84. The van der Waals surface area contributed by atoms with E-state index in [9.17, 15) is 14.4 Å². The van der Waals surface area contributed by atoms with Gasteiger partial charge in [-0.2, -0.15) is 0 Å². The smallest absolute Gasteiger partial charge is 0.372 e. The second-order valence-corrected chi connectivity index (χ2v) is 7.15. The average molecular weight is 381 g/mol. The van der Waals surface area contributed by atoms with Crippen LogP contribution in [0.3, 0.4) is 0 Å². The van der Waals surface area contributed by atoms with E-state index in [1.165, 1.54) is 18.9 Å². The first-order valence-electron chi connectivity index (χ1n) is 9.01. The van der Waals surface area contributed by atoms with Crippen LogP contribution in [0.5, 0.6) is 0 Å². The topological polar surface area (TPSA) is 95.5 Å². The predicted octanol–water partition coefficient (Wildman–Crippen LogP) is 2.79. The summed E-state index contributed by atoms with van der Waals surface area (Å²) in [5, 5.41) is 15.5. The average Bonchev–Trinajstić information content (AvgIpc) is 2.88. The van der Waals surface area contributed by atoms with Crippen molar-refractivity contribution in [3.63, 3.8) is 0 Å². The molecule has 0 saturated heterocycles. The highest BCUT2D eigenvalue weighted by Crippen LogP contribution is 2.17. The van der Waals surface area contributed by atoms with Gasteiger partial charge in [0, 0.05) is 35.6 Å². The second-order valence-electron chi connectivity index (χ2n) is 6.71. The zero-order valence-electron chi connectivity index (χ0n) is 14.7. The summed E-state index contributed by atoms with van der Waals surface area (Å²) in [5.41, 5.74) is 0.375. The number of benzene rings is 1. The number of rotatable bonds is 8. The molecule has 0 heterocycles. The fourth-order valence-corrected chi connectivity index (χ4v) is 3.37. The Kier molecular flexibility index (Phi) is 8.06. The van der Waals surface area contributed by atoms with Gasteiger partial charge in [0.25, 0.3) is 5.91 Å². The Bertz CT molecular complexity index is 642. The molecule has 7 heteroatoms. The highest BCUT2D eigenvalue weighted by molar-refractivity contribution is 6.32. The minimum Gasteiger partial charge on any atom is -0.476 e. The van der Waals surface area contributed by atoms with Gasteiger partial charge in [0.05, 0.1) is 0 Å². The molecule has 142 valence electrons. The molecule has 1 aliphatic rings. The zero-order chi connectivity index (χ0) is 18.9. The van der Waals surface area contributed by atoms with Crippen LogP contribution in [0.15, 0.2) is 24.3 Å². The van der Waals surface area contributed by atoms with E-state index >= 15 is 0 Å². The minimum atomic E-state index is -1.48. The molecule has 0 radical (unpaired) electrons. The number of nitrogens with one attached hydrogen (secondary N) is 2. The second kappa shape index (κ2) is 10.3. The lowest BCUT2D eigenvalue weighted by Gasteiger charge is -2.22. The van der Waals surface area contributed by atoms with Crippen molar-refractivity contribution in [3.05, 3.63) is 34.9 Å². The number of carboxylic acids is 1. The van der Waals surface area contributed by atoms with Crippen LogP contribution in [0.25, 0.3) is 0 Å². The first-order valence-corrected chi connectivity index (χ1v) is 9.39. The highest BCUT2D eigenvalue weighted by Gasteiger charge is 2.22. The molecule has 1 aromatic carbocycles. The molecule has 0 spiro atoms. The Morgan fingerprint density at radius 3 is 2.46 bits per heavy atom. The maximum atomic E-state index is 12.4. The minimum absolute atomic E-state index is 0.249. The molecule has 1 aromatic rings. The molecular formula is C19H25ClN2O4. The zero-order valence-corrected chi connectivity index (χ0v) is 15.4. The van der Waals surface area contributed by atoms with Crippen LogP contribution in [0.1, 0.15) is 55.3 Å². The molecule has 1 saturated carbocycles. The molecule has 1 aliphatic carbocycles. The van der Waals surface area contributed by atoms with Crippen LogP contribution in [0, 0.1) is 0 Å². The number of halogens is 1. The van der Waals surface area contributed by atoms with Gasteiger partial charge in [0.1, 0.15) is 0 Å². The lowest BCUT2D eigenvalue weighted by atomic mass is 10.1. The van der Waals surface area contributed by atoms with E-state index in [2.05, 4.69) is 10.6 Å². The van der Waals surface area contributed by atoms with Gasteiger partial charge in [0.15, 0.2) is 0 Å². The largest absolute Gasteiger partial charge is 0.476 e. The van der Waals surface area contributed by atoms with Crippen LogP contribution in [-0.2, 0) is 9.59 Å². The van der Waals surface area contributed by atoms with Gasteiger partial charge in [-0.25, -0.2) is 4.79 Å². The van der Waals surface area contributed by atoms with Crippen molar-refractivity contribution >= 4 is 29.3 Å². The molecule has 26 heavy (non-hydrogen) atoms. The molecule has 6 nitrogen and oxygen atoms in total.